The molecule has 0 unspecified atom stereocenters. The van der Waals surface area contributed by atoms with Gasteiger partial charge in [0.05, 0.1) is 13.2 Å². The number of hydrogen-bond acceptors (Lipinski definition) is 6. The fourth-order valence-corrected chi connectivity index (χ4v) is 4.14. The first kappa shape index (κ1) is 21.8. The number of rotatable bonds is 6. The molecular formula is C24H29N5O3. The van der Waals surface area contributed by atoms with Gasteiger partial charge in [-0.25, -0.2) is 0 Å². The van der Waals surface area contributed by atoms with Crippen molar-refractivity contribution in [1.29, 1.82) is 0 Å². The van der Waals surface area contributed by atoms with Gasteiger partial charge < -0.3 is 19.7 Å². The molecule has 0 saturated heterocycles. The summed E-state index contributed by atoms with van der Waals surface area (Å²) in [6.45, 7) is 6.79. The summed E-state index contributed by atoms with van der Waals surface area (Å²) in [6, 6.07) is 12.8. The Hall–Kier alpha value is -3.39. The van der Waals surface area contributed by atoms with E-state index in [0.29, 0.717) is 24.4 Å². The van der Waals surface area contributed by atoms with Crippen LogP contribution in [0.5, 0.6) is 11.5 Å². The first-order valence-corrected chi connectivity index (χ1v) is 10.8. The largest absolute Gasteiger partial charge is 0.504 e. The molecule has 0 spiro atoms. The number of fused-ring (bicyclic) bond motifs is 1. The Morgan fingerprint density at radius 2 is 1.97 bits per heavy atom. The van der Waals surface area contributed by atoms with E-state index < -0.39 is 0 Å². The van der Waals surface area contributed by atoms with E-state index in [9.17, 15) is 9.90 Å². The first-order valence-electron chi connectivity index (χ1n) is 10.8. The van der Waals surface area contributed by atoms with Crippen LogP contribution in [0.3, 0.4) is 0 Å². The Balaban J connectivity index is 1.44. The lowest BCUT2D eigenvalue weighted by Crippen LogP contribution is -2.30. The molecule has 2 aromatic carbocycles. The molecule has 2 N–H and O–H groups in total. The van der Waals surface area contributed by atoms with Crippen LogP contribution in [0.2, 0.25) is 0 Å². The number of carbonyl (C=O) groups is 1. The fourth-order valence-electron chi connectivity index (χ4n) is 4.14. The second-order valence-electron chi connectivity index (χ2n) is 8.13. The van der Waals surface area contributed by atoms with Crippen LogP contribution in [0.25, 0.3) is 0 Å². The van der Waals surface area contributed by atoms with Crippen molar-refractivity contribution in [2.24, 2.45) is 0 Å². The predicted octanol–water partition coefficient (Wildman–Crippen LogP) is 2.85. The molecule has 1 aliphatic rings. The molecule has 2 heterocycles. The average molecular weight is 436 g/mol. The highest BCUT2D eigenvalue weighted by Gasteiger charge is 2.24. The fraction of sp³-hybridized carbons (Fsp3) is 0.375. The molecule has 8 nitrogen and oxygen atoms in total. The predicted molar refractivity (Wildman–Crippen MR) is 121 cm³/mol. The third kappa shape index (κ3) is 4.45. The van der Waals surface area contributed by atoms with Crippen LogP contribution in [-0.2, 0) is 19.5 Å². The van der Waals surface area contributed by atoms with Gasteiger partial charge >= 0.3 is 0 Å². The maximum absolute atomic E-state index is 12.7. The Morgan fingerprint density at radius 3 is 2.75 bits per heavy atom. The number of phenolic OH excluding ortho intramolecular Hbond substituents is 1. The van der Waals surface area contributed by atoms with Crippen molar-refractivity contribution >= 4 is 5.91 Å². The topological polar surface area (TPSA) is 92.5 Å². The van der Waals surface area contributed by atoms with E-state index in [1.165, 1.54) is 0 Å². The minimum absolute atomic E-state index is 0.114. The summed E-state index contributed by atoms with van der Waals surface area (Å²) < 4.78 is 7.33. The lowest BCUT2D eigenvalue weighted by molar-refractivity contribution is 0.0937. The van der Waals surface area contributed by atoms with Crippen LogP contribution in [0.4, 0.5) is 0 Å². The molecule has 0 radical (unpaired) electrons. The van der Waals surface area contributed by atoms with E-state index in [1.807, 2.05) is 50.2 Å². The normalized spacial score (nSPS) is 15.0. The number of methoxy groups -OCH3 is 1. The number of aromatic hydroxyl groups is 1. The van der Waals surface area contributed by atoms with Gasteiger partial charge in [-0.2, -0.15) is 0 Å². The van der Waals surface area contributed by atoms with Crippen LogP contribution in [0.15, 0.2) is 42.5 Å². The Morgan fingerprint density at radius 1 is 1.16 bits per heavy atom. The van der Waals surface area contributed by atoms with E-state index in [-0.39, 0.29) is 17.7 Å². The van der Waals surface area contributed by atoms with Crippen molar-refractivity contribution < 1.29 is 14.6 Å². The van der Waals surface area contributed by atoms with Crippen molar-refractivity contribution in [3.05, 3.63) is 70.8 Å². The van der Waals surface area contributed by atoms with Gasteiger partial charge in [-0.05, 0) is 31.5 Å². The molecule has 0 fully saturated rings. The molecule has 4 rings (SSSR count). The van der Waals surface area contributed by atoms with Gasteiger partial charge in [0.25, 0.3) is 5.91 Å². The van der Waals surface area contributed by atoms with Crippen LogP contribution in [0, 0.1) is 6.92 Å². The number of aromatic nitrogens is 3. The molecule has 3 aromatic rings. The number of ether oxygens (including phenoxy) is 1. The maximum atomic E-state index is 12.7. The van der Waals surface area contributed by atoms with Gasteiger partial charge in [0.2, 0.25) is 0 Å². The first-order chi connectivity index (χ1) is 15.5. The van der Waals surface area contributed by atoms with Crippen molar-refractivity contribution in [2.45, 2.75) is 39.4 Å². The zero-order valence-electron chi connectivity index (χ0n) is 18.7. The van der Waals surface area contributed by atoms with Gasteiger partial charge in [-0.15, -0.1) is 10.2 Å². The molecule has 0 aliphatic carbocycles. The zero-order chi connectivity index (χ0) is 22.7. The third-order valence-electron chi connectivity index (χ3n) is 5.97. The number of benzene rings is 2. The smallest absolute Gasteiger partial charge is 0.252 e. The maximum Gasteiger partial charge on any atom is 0.252 e. The van der Waals surface area contributed by atoms with Crippen molar-refractivity contribution in [3.63, 3.8) is 0 Å². The number of nitrogens with one attached hydrogen (secondary N) is 1. The number of phenols is 1. The van der Waals surface area contributed by atoms with Gasteiger partial charge in [0, 0.05) is 43.7 Å². The standard InChI is InChI=1S/C24H29N5O3/c1-16-7-4-5-9-19(16)24(31)25-17(2)23-27-26-21-11-12-28(13-14-29(21)23)15-18-8-6-10-20(32-3)22(18)30/h4-10,17,30H,11-15H2,1-3H3,(H,25,31)/t17-/m1/s1. The van der Waals surface area contributed by atoms with Crippen molar-refractivity contribution in [2.75, 3.05) is 20.2 Å². The summed E-state index contributed by atoms with van der Waals surface area (Å²) in [6.07, 6.45) is 0.746. The molecule has 1 amide bonds. The number of hydrogen-bond donors (Lipinski definition) is 2. The summed E-state index contributed by atoms with van der Waals surface area (Å²) in [5.41, 5.74) is 2.44. The molecule has 0 saturated carbocycles. The number of amides is 1. The van der Waals surface area contributed by atoms with E-state index in [4.69, 9.17) is 4.74 Å². The van der Waals surface area contributed by atoms with Crippen molar-refractivity contribution in [1.82, 2.24) is 25.0 Å². The molecule has 1 aromatic heterocycles. The SMILES string of the molecule is COc1cccc(CN2CCc3nnc([C@@H](C)NC(=O)c4ccccc4C)n3CC2)c1O. The monoisotopic (exact) mass is 435 g/mol. The summed E-state index contributed by atoms with van der Waals surface area (Å²) in [7, 11) is 1.55. The zero-order valence-corrected chi connectivity index (χ0v) is 18.7. The van der Waals surface area contributed by atoms with Crippen LogP contribution < -0.4 is 10.1 Å². The Labute approximate surface area is 187 Å². The van der Waals surface area contributed by atoms with E-state index in [1.54, 1.807) is 13.2 Å². The summed E-state index contributed by atoms with van der Waals surface area (Å²) in [5.74, 6) is 2.22. The highest BCUT2D eigenvalue weighted by molar-refractivity contribution is 5.95. The second kappa shape index (κ2) is 9.40. The molecule has 1 aliphatic heterocycles. The molecule has 1 atom stereocenters. The van der Waals surface area contributed by atoms with E-state index >= 15 is 0 Å². The molecule has 32 heavy (non-hydrogen) atoms. The minimum Gasteiger partial charge on any atom is -0.504 e. The molecule has 8 heteroatoms. The van der Waals surface area contributed by atoms with Gasteiger partial charge in [0.1, 0.15) is 5.82 Å². The summed E-state index contributed by atoms with van der Waals surface area (Å²) >= 11 is 0. The number of nitrogens with zero attached hydrogens (tertiary/aromatic N) is 4. The van der Waals surface area contributed by atoms with Gasteiger partial charge in [-0.3, -0.25) is 9.69 Å². The quantitative estimate of drug-likeness (QED) is 0.619. The summed E-state index contributed by atoms with van der Waals surface area (Å²) in [5, 5.41) is 22.2. The number of para-hydroxylation sites is 1. The lowest BCUT2D eigenvalue weighted by atomic mass is 10.1. The second-order valence-corrected chi connectivity index (χ2v) is 8.13. The highest BCUT2D eigenvalue weighted by atomic mass is 16.5. The average Bonchev–Trinajstić information content (AvgIpc) is 3.09. The summed E-state index contributed by atoms with van der Waals surface area (Å²) in [4.78, 5) is 15.0. The van der Waals surface area contributed by atoms with Gasteiger partial charge in [0.15, 0.2) is 17.3 Å². The van der Waals surface area contributed by atoms with Crippen LogP contribution in [-0.4, -0.2) is 50.9 Å². The minimum atomic E-state index is -0.266. The number of carbonyl (C=O) groups excluding carboxylic acids is 1. The van der Waals surface area contributed by atoms with E-state index in [2.05, 4.69) is 25.0 Å². The molecule has 0 bridgehead atoms. The van der Waals surface area contributed by atoms with Gasteiger partial charge in [-0.1, -0.05) is 30.3 Å². The van der Waals surface area contributed by atoms with Crippen LogP contribution >= 0.6 is 0 Å². The molecular weight excluding hydrogens is 406 g/mol. The highest BCUT2D eigenvalue weighted by Crippen LogP contribution is 2.30. The van der Waals surface area contributed by atoms with E-state index in [0.717, 1.165) is 42.3 Å². The number of aryl methyl sites for hydroxylation is 1. The van der Waals surface area contributed by atoms with Crippen molar-refractivity contribution in [3.8, 4) is 11.5 Å². The Kier molecular flexibility index (Phi) is 6.41. The Bertz CT molecular complexity index is 1110. The van der Waals surface area contributed by atoms with Crippen LogP contribution in [0.1, 0.15) is 46.1 Å². The third-order valence-corrected chi connectivity index (χ3v) is 5.97. The molecule has 168 valence electrons. The lowest BCUT2D eigenvalue weighted by Gasteiger charge is -2.21.